The van der Waals surface area contributed by atoms with Gasteiger partial charge in [-0.1, -0.05) is 6.07 Å². The van der Waals surface area contributed by atoms with E-state index in [-0.39, 0.29) is 12.0 Å². The van der Waals surface area contributed by atoms with Gasteiger partial charge in [0.05, 0.1) is 6.61 Å². The molecule has 1 aliphatic rings. The van der Waals surface area contributed by atoms with Crippen molar-refractivity contribution < 1.29 is 9.53 Å². The van der Waals surface area contributed by atoms with Gasteiger partial charge in [0, 0.05) is 24.5 Å². The van der Waals surface area contributed by atoms with Gasteiger partial charge in [-0.25, -0.2) is 0 Å². The van der Waals surface area contributed by atoms with Crippen molar-refractivity contribution in [1.29, 1.82) is 0 Å². The van der Waals surface area contributed by atoms with Crippen LogP contribution in [0.2, 0.25) is 0 Å². The molecule has 1 aliphatic heterocycles. The van der Waals surface area contributed by atoms with E-state index in [0.717, 1.165) is 13.0 Å². The molecule has 2 heterocycles. The first-order valence-electron chi connectivity index (χ1n) is 5.48. The van der Waals surface area contributed by atoms with Crippen molar-refractivity contribution >= 4 is 17.2 Å². The molecule has 16 heavy (non-hydrogen) atoms. The highest BCUT2D eigenvalue weighted by molar-refractivity contribution is 7.09. The number of carbonyl (C=O) groups excluding carboxylic acids is 1. The zero-order valence-corrected chi connectivity index (χ0v) is 9.89. The Labute approximate surface area is 99.0 Å². The Morgan fingerprint density at radius 2 is 2.62 bits per heavy atom. The van der Waals surface area contributed by atoms with Gasteiger partial charge in [-0.2, -0.15) is 0 Å². The first kappa shape index (κ1) is 11.6. The van der Waals surface area contributed by atoms with Crippen LogP contribution in [0.3, 0.4) is 0 Å². The molecule has 0 saturated carbocycles. The maximum Gasteiger partial charge on any atom is 0.250 e. The number of rotatable bonds is 4. The van der Waals surface area contributed by atoms with E-state index in [1.165, 1.54) is 4.88 Å². The van der Waals surface area contributed by atoms with Gasteiger partial charge in [-0.15, -0.1) is 11.3 Å². The molecule has 2 rings (SSSR count). The Morgan fingerprint density at radius 1 is 1.69 bits per heavy atom. The van der Waals surface area contributed by atoms with Crippen LogP contribution in [0, 0.1) is 0 Å². The molecular weight excluding hydrogens is 224 g/mol. The maximum atomic E-state index is 11.7. The second-order valence-electron chi connectivity index (χ2n) is 3.68. The zero-order chi connectivity index (χ0) is 11.2. The summed E-state index contributed by atoms with van der Waals surface area (Å²) in [6.07, 6.45) is 0.570. The van der Waals surface area contributed by atoms with Gasteiger partial charge in [0.2, 0.25) is 5.91 Å². The van der Waals surface area contributed by atoms with Crippen molar-refractivity contribution in [3.05, 3.63) is 22.4 Å². The molecule has 88 valence electrons. The number of carbonyl (C=O) groups is 1. The summed E-state index contributed by atoms with van der Waals surface area (Å²) < 4.78 is 5.36. The van der Waals surface area contributed by atoms with Crippen molar-refractivity contribution in [2.45, 2.75) is 12.5 Å². The molecule has 4 nitrogen and oxygen atoms in total. The SMILES string of the molecule is O=C(NCCc1cccs1)C1CNCCO1. The third-order valence-electron chi connectivity index (χ3n) is 2.47. The van der Waals surface area contributed by atoms with E-state index in [4.69, 9.17) is 4.74 Å². The van der Waals surface area contributed by atoms with Crippen LogP contribution in [-0.2, 0) is 16.0 Å². The van der Waals surface area contributed by atoms with Gasteiger partial charge < -0.3 is 15.4 Å². The molecule has 1 aromatic rings. The Morgan fingerprint density at radius 3 is 3.31 bits per heavy atom. The number of thiophene rings is 1. The highest BCUT2D eigenvalue weighted by Gasteiger charge is 2.20. The van der Waals surface area contributed by atoms with E-state index in [2.05, 4.69) is 16.7 Å². The molecule has 1 saturated heterocycles. The van der Waals surface area contributed by atoms with Crippen LogP contribution in [0.15, 0.2) is 17.5 Å². The highest BCUT2D eigenvalue weighted by Crippen LogP contribution is 2.08. The van der Waals surface area contributed by atoms with E-state index < -0.39 is 0 Å². The Hall–Kier alpha value is -0.910. The summed E-state index contributed by atoms with van der Waals surface area (Å²) in [4.78, 5) is 12.9. The summed E-state index contributed by atoms with van der Waals surface area (Å²) in [6.45, 7) is 2.74. The minimum absolute atomic E-state index is 0.0104. The van der Waals surface area contributed by atoms with Crippen LogP contribution >= 0.6 is 11.3 Å². The summed E-state index contributed by atoms with van der Waals surface area (Å²) in [6, 6.07) is 4.10. The number of hydrogen-bond acceptors (Lipinski definition) is 4. The van der Waals surface area contributed by atoms with E-state index in [9.17, 15) is 4.79 Å². The molecule has 0 spiro atoms. The lowest BCUT2D eigenvalue weighted by Crippen LogP contribution is -2.48. The Kier molecular flexibility index (Phi) is 4.33. The molecule has 0 bridgehead atoms. The smallest absolute Gasteiger partial charge is 0.250 e. The summed E-state index contributed by atoms with van der Waals surface area (Å²) in [7, 11) is 0. The largest absolute Gasteiger partial charge is 0.366 e. The van der Waals surface area contributed by atoms with Crippen molar-refractivity contribution in [2.75, 3.05) is 26.2 Å². The fourth-order valence-corrected chi connectivity index (χ4v) is 2.32. The minimum atomic E-state index is -0.322. The van der Waals surface area contributed by atoms with Gasteiger partial charge in [-0.05, 0) is 17.9 Å². The second-order valence-corrected chi connectivity index (χ2v) is 4.72. The standard InChI is InChI=1S/C11H16N2O2S/c14-11(10-8-12-5-6-15-10)13-4-3-9-2-1-7-16-9/h1-2,7,10,12H,3-6,8H2,(H,13,14). The van der Waals surface area contributed by atoms with Crippen LogP contribution in [0.25, 0.3) is 0 Å². The van der Waals surface area contributed by atoms with Crippen LogP contribution in [0.5, 0.6) is 0 Å². The summed E-state index contributed by atoms with van der Waals surface area (Å²) in [5.74, 6) is -0.0104. The van der Waals surface area contributed by atoms with Gasteiger partial charge in [-0.3, -0.25) is 4.79 Å². The van der Waals surface area contributed by atoms with Crippen LogP contribution in [-0.4, -0.2) is 38.3 Å². The molecule has 1 fully saturated rings. The lowest BCUT2D eigenvalue weighted by atomic mass is 10.2. The van der Waals surface area contributed by atoms with E-state index in [1.807, 2.05) is 11.4 Å². The number of nitrogens with one attached hydrogen (secondary N) is 2. The average molecular weight is 240 g/mol. The van der Waals surface area contributed by atoms with Crippen LogP contribution in [0.4, 0.5) is 0 Å². The molecule has 1 unspecified atom stereocenters. The fourth-order valence-electron chi connectivity index (χ4n) is 1.61. The van der Waals surface area contributed by atoms with E-state index >= 15 is 0 Å². The van der Waals surface area contributed by atoms with Crippen molar-refractivity contribution in [1.82, 2.24) is 10.6 Å². The minimum Gasteiger partial charge on any atom is -0.366 e. The molecule has 0 radical (unpaired) electrons. The van der Waals surface area contributed by atoms with Gasteiger partial charge >= 0.3 is 0 Å². The molecule has 2 N–H and O–H groups in total. The zero-order valence-electron chi connectivity index (χ0n) is 9.07. The first-order valence-corrected chi connectivity index (χ1v) is 6.36. The number of ether oxygens (including phenoxy) is 1. The monoisotopic (exact) mass is 240 g/mol. The summed E-state index contributed by atoms with van der Waals surface area (Å²) >= 11 is 1.72. The number of hydrogen-bond donors (Lipinski definition) is 2. The molecule has 1 atom stereocenters. The van der Waals surface area contributed by atoms with Gasteiger partial charge in [0.1, 0.15) is 6.10 Å². The molecular formula is C11H16N2O2S. The van der Waals surface area contributed by atoms with Crippen LogP contribution in [0.1, 0.15) is 4.88 Å². The van der Waals surface area contributed by atoms with Gasteiger partial charge in [0.25, 0.3) is 0 Å². The Bertz CT molecular complexity index is 321. The van der Waals surface area contributed by atoms with E-state index in [1.54, 1.807) is 11.3 Å². The number of amides is 1. The predicted molar refractivity (Wildman–Crippen MR) is 63.6 cm³/mol. The predicted octanol–water partition coefficient (Wildman–Crippen LogP) is 0.395. The molecule has 0 aliphatic carbocycles. The van der Waals surface area contributed by atoms with Crippen molar-refractivity contribution in [3.8, 4) is 0 Å². The highest BCUT2D eigenvalue weighted by atomic mass is 32.1. The van der Waals surface area contributed by atoms with Gasteiger partial charge in [0.15, 0.2) is 0 Å². The average Bonchev–Trinajstić information content (AvgIpc) is 2.83. The quantitative estimate of drug-likeness (QED) is 0.801. The topological polar surface area (TPSA) is 50.4 Å². The molecule has 1 aromatic heterocycles. The van der Waals surface area contributed by atoms with Crippen molar-refractivity contribution in [2.24, 2.45) is 0 Å². The first-order chi connectivity index (χ1) is 7.86. The third kappa shape index (κ3) is 3.30. The molecule has 0 aromatic carbocycles. The lowest BCUT2D eigenvalue weighted by Gasteiger charge is -2.22. The van der Waals surface area contributed by atoms with Crippen molar-refractivity contribution in [3.63, 3.8) is 0 Å². The maximum absolute atomic E-state index is 11.7. The van der Waals surface area contributed by atoms with Crippen LogP contribution < -0.4 is 10.6 Å². The lowest BCUT2D eigenvalue weighted by molar-refractivity contribution is -0.134. The Balaban J connectivity index is 1.67. The third-order valence-corrected chi connectivity index (χ3v) is 3.41. The molecule has 5 heteroatoms. The molecule has 1 amide bonds. The summed E-state index contributed by atoms with van der Waals surface area (Å²) in [5.41, 5.74) is 0. The second kappa shape index (κ2) is 5.98. The normalized spacial score (nSPS) is 20.6. The fraction of sp³-hybridized carbons (Fsp3) is 0.545. The summed E-state index contributed by atoms with van der Waals surface area (Å²) in [5, 5.41) is 8.08. The van der Waals surface area contributed by atoms with E-state index in [0.29, 0.717) is 19.7 Å². The number of morpholine rings is 1.